The summed E-state index contributed by atoms with van der Waals surface area (Å²) in [5.41, 5.74) is 5.02. The first-order valence-corrected chi connectivity index (χ1v) is 12.0. The highest BCUT2D eigenvalue weighted by Gasteiger charge is 2.38. The van der Waals surface area contributed by atoms with Gasteiger partial charge in [-0.3, -0.25) is 4.98 Å². The number of fused-ring (bicyclic) bond motifs is 1. The molecule has 2 N–H and O–H groups in total. The molecule has 1 aromatic rings. The highest BCUT2D eigenvalue weighted by atomic mass is 16.5. The molecule has 2 atom stereocenters. The minimum absolute atomic E-state index is 0.0364. The van der Waals surface area contributed by atoms with Gasteiger partial charge in [0.15, 0.2) is 0 Å². The second kappa shape index (κ2) is 11.1. The topological polar surface area (TPSA) is 62.6 Å². The minimum atomic E-state index is -0.486. The van der Waals surface area contributed by atoms with Crippen molar-refractivity contribution in [2.45, 2.75) is 118 Å². The number of pyridine rings is 1. The Hall–Kier alpha value is -0.970. The Labute approximate surface area is 184 Å². The van der Waals surface area contributed by atoms with Crippen LogP contribution in [-0.4, -0.2) is 22.3 Å². The van der Waals surface area contributed by atoms with E-state index in [-0.39, 0.29) is 18.1 Å². The molecule has 4 heteroatoms. The number of aromatic nitrogens is 1. The van der Waals surface area contributed by atoms with E-state index < -0.39 is 6.10 Å². The molecule has 2 aliphatic carbocycles. The Morgan fingerprint density at radius 3 is 2.20 bits per heavy atom. The number of aliphatic hydroxyl groups is 2. The van der Waals surface area contributed by atoms with Crippen LogP contribution in [0.1, 0.15) is 133 Å². The molecule has 172 valence electrons. The Morgan fingerprint density at radius 1 is 1.10 bits per heavy atom. The molecule has 2 aliphatic rings. The number of aliphatic hydroxyl groups excluding tert-OH is 2. The standard InChI is InChI=1S/C21H33NO3.C5H12/c1-13(25-4)20-15(12-23)18(14-8-6-5-7-9-14)19-16(22-20)10-21(2,3)11-17(19)24;1-4-5(2)3/h13-14,17,23-24H,5-12H2,1-4H3;5H,4H2,1-3H3. The van der Waals surface area contributed by atoms with Gasteiger partial charge in [-0.25, -0.2) is 0 Å². The normalized spacial score (nSPS) is 22.3. The Bertz CT molecular complexity index is 677. The molecule has 1 saturated carbocycles. The molecular formula is C26H45NO3. The van der Waals surface area contributed by atoms with Crippen molar-refractivity contribution < 1.29 is 14.9 Å². The minimum Gasteiger partial charge on any atom is -0.392 e. The van der Waals surface area contributed by atoms with Gasteiger partial charge in [0.2, 0.25) is 0 Å². The van der Waals surface area contributed by atoms with E-state index in [9.17, 15) is 10.2 Å². The molecule has 0 bridgehead atoms. The fourth-order valence-corrected chi connectivity index (χ4v) is 4.86. The molecule has 0 amide bonds. The number of rotatable bonds is 5. The van der Waals surface area contributed by atoms with E-state index >= 15 is 0 Å². The molecule has 0 aromatic carbocycles. The van der Waals surface area contributed by atoms with Gasteiger partial charge in [-0.15, -0.1) is 0 Å². The first-order valence-electron chi connectivity index (χ1n) is 12.0. The summed E-state index contributed by atoms with van der Waals surface area (Å²) >= 11 is 0. The number of ether oxygens (including phenoxy) is 1. The third-order valence-corrected chi connectivity index (χ3v) is 6.94. The molecule has 1 heterocycles. The smallest absolute Gasteiger partial charge is 0.0966 e. The number of hydrogen-bond donors (Lipinski definition) is 2. The van der Waals surface area contributed by atoms with E-state index in [2.05, 4.69) is 34.6 Å². The molecule has 1 aromatic heterocycles. The highest BCUT2D eigenvalue weighted by Crippen LogP contribution is 2.47. The van der Waals surface area contributed by atoms with E-state index in [0.29, 0.717) is 5.92 Å². The van der Waals surface area contributed by atoms with Crippen LogP contribution in [0.3, 0.4) is 0 Å². The van der Waals surface area contributed by atoms with Crippen molar-refractivity contribution >= 4 is 0 Å². The highest BCUT2D eigenvalue weighted by molar-refractivity contribution is 5.46. The van der Waals surface area contributed by atoms with Gasteiger partial charge in [-0.2, -0.15) is 0 Å². The number of nitrogens with zero attached hydrogens (tertiary/aromatic N) is 1. The predicted molar refractivity (Wildman–Crippen MR) is 124 cm³/mol. The summed E-state index contributed by atoms with van der Waals surface area (Å²) in [7, 11) is 1.69. The monoisotopic (exact) mass is 419 g/mol. The van der Waals surface area contributed by atoms with Gasteiger partial charge in [0.25, 0.3) is 0 Å². The van der Waals surface area contributed by atoms with Crippen LogP contribution < -0.4 is 0 Å². The van der Waals surface area contributed by atoms with Crippen molar-refractivity contribution in [3.63, 3.8) is 0 Å². The fourth-order valence-electron chi connectivity index (χ4n) is 4.86. The SMILES string of the molecule is CCC(C)C.COC(C)c1nc2c(c(C3CCCCC3)c1CO)C(O)CC(C)(C)C2. The maximum absolute atomic E-state index is 11.0. The average molecular weight is 420 g/mol. The summed E-state index contributed by atoms with van der Waals surface area (Å²) in [6.45, 7) is 13.0. The fraction of sp³-hybridized carbons (Fsp3) is 0.808. The molecule has 0 aliphatic heterocycles. The number of hydrogen-bond acceptors (Lipinski definition) is 4. The van der Waals surface area contributed by atoms with Gasteiger partial charge in [0, 0.05) is 23.9 Å². The van der Waals surface area contributed by atoms with Gasteiger partial charge < -0.3 is 14.9 Å². The molecule has 0 radical (unpaired) electrons. The third kappa shape index (κ3) is 6.05. The lowest BCUT2D eigenvalue weighted by atomic mass is 9.70. The second-order valence-electron chi connectivity index (χ2n) is 10.5. The van der Waals surface area contributed by atoms with Gasteiger partial charge >= 0.3 is 0 Å². The second-order valence-corrected chi connectivity index (χ2v) is 10.5. The van der Waals surface area contributed by atoms with Crippen LogP contribution in [0.5, 0.6) is 0 Å². The molecule has 4 nitrogen and oxygen atoms in total. The van der Waals surface area contributed by atoms with Crippen LogP contribution in [0.4, 0.5) is 0 Å². The van der Waals surface area contributed by atoms with E-state index in [0.717, 1.165) is 54.1 Å². The van der Waals surface area contributed by atoms with Crippen molar-refractivity contribution in [2.24, 2.45) is 11.3 Å². The van der Waals surface area contributed by atoms with Gasteiger partial charge in [0.05, 0.1) is 24.5 Å². The molecule has 0 spiro atoms. The van der Waals surface area contributed by atoms with Crippen molar-refractivity contribution in [1.29, 1.82) is 0 Å². The molecular weight excluding hydrogens is 374 g/mol. The largest absolute Gasteiger partial charge is 0.392 e. The van der Waals surface area contributed by atoms with Crippen LogP contribution in [-0.2, 0) is 17.8 Å². The first kappa shape index (κ1) is 25.3. The third-order valence-electron chi connectivity index (χ3n) is 6.94. The Balaban J connectivity index is 0.000000575. The summed E-state index contributed by atoms with van der Waals surface area (Å²) in [5, 5.41) is 21.1. The van der Waals surface area contributed by atoms with Crippen LogP contribution >= 0.6 is 0 Å². The maximum Gasteiger partial charge on any atom is 0.0966 e. The lowest BCUT2D eigenvalue weighted by molar-refractivity contribution is 0.0924. The van der Waals surface area contributed by atoms with Gasteiger partial charge in [-0.05, 0) is 55.4 Å². The first-order chi connectivity index (χ1) is 14.1. The van der Waals surface area contributed by atoms with Crippen LogP contribution in [0.2, 0.25) is 0 Å². The average Bonchev–Trinajstić information content (AvgIpc) is 2.71. The lowest BCUT2D eigenvalue weighted by Crippen LogP contribution is -2.30. The van der Waals surface area contributed by atoms with Crippen LogP contribution in [0, 0.1) is 11.3 Å². The van der Waals surface area contributed by atoms with E-state index in [4.69, 9.17) is 9.72 Å². The van der Waals surface area contributed by atoms with Crippen LogP contribution in [0.25, 0.3) is 0 Å². The molecule has 30 heavy (non-hydrogen) atoms. The number of methoxy groups -OCH3 is 1. The van der Waals surface area contributed by atoms with Crippen LogP contribution in [0.15, 0.2) is 0 Å². The quantitative estimate of drug-likeness (QED) is 0.580. The van der Waals surface area contributed by atoms with E-state index in [1.54, 1.807) is 7.11 Å². The summed E-state index contributed by atoms with van der Waals surface area (Å²) in [4.78, 5) is 4.91. The summed E-state index contributed by atoms with van der Waals surface area (Å²) < 4.78 is 5.55. The Morgan fingerprint density at radius 2 is 1.70 bits per heavy atom. The van der Waals surface area contributed by atoms with Crippen molar-refractivity contribution in [1.82, 2.24) is 4.98 Å². The van der Waals surface area contributed by atoms with E-state index in [1.165, 1.54) is 31.2 Å². The maximum atomic E-state index is 11.0. The zero-order valence-corrected chi connectivity index (χ0v) is 20.4. The Kier molecular flexibility index (Phi) is 9.32. The molecule has 0 saturated heterocycles. The van der Waals surface area contributed by atoms with Crippen molar-refractivity contribution in [2.75, 3.05) is 7.11 Å². The summed E-state index contributed by atoms with van der Waals surface area (Å²) in [6, 6.07) is 0. The molecule has 3 rings (SSSR count). The lowest BCUT2D eigenvalue weighted by Gasteiger charge is -2.38. The molecule has 2 unspecified atom stereocenters. The zero-order valence-electron chi connectivity index (χ0n) is 20.4. The summed E-state index contributed by atoms with van der Waals surface area (Å²) in [5.74, 6) is 1.31. The van der Waals surface area contributed by atoms with Crippen molar-refractivity contribution in [3.05, 3.63) is 28.1 Å². The van der Waals surface area contributed by atoms with Gasteiger partial charge in [-0.1, -0.05) is 60.3 Å². The zero-order chi connectivity index (χ0) is 22.5. The van der Waals surface area contributed by atoms with Crippen molar-refractivity contribution in [3.8, 4) is 0 Å². The summed E-state index contributed by atoms with van der Waals surface area (Å²) in [6.07, 6.45) is 8.31. The van der Waals surface area contributed by atoms with E-state index in [1.807, 2.05) is 6.92 Å². The van der Waals surface area contributed by atoms with Gasteiger partial charge in [0.1, 0.15) is 0 Å². The molecule has 1 fully saturated rings. The predicted octanol–water partition coefficient (Wildman–Crippen LogP) is 6.39.